The van der Waals surface area contributed by atoms with E-state index in [1.807, 2.05) is 0 Å². The molecular formula is C8H11F3N2O. The van der Waals surface area contributed by atoms with Crippen LogP contribution in [0.2, 0.25) is 0 Å². The van der Waals surface area contributed by atoms with Gasteiger partial charge in [-0.1, -0.05) is 0 Å². The highest BCUT2D eigenvalue weighted by Gasteiger charge is 2.34. The summed E-state index contributed by atoms with van der Waals surface area (Å²) in [6.45, 7) is 2.28. The zero-order valence-corrected chi connectivity index (χ0v) is 7.93. The summed E-state index contributed by atoms with van der Waals surface area (Å²) in [5, 5.41) is 0. The van der Waals surface area contributed by atoms with Crippen LogP contribution in [0.15, 0.2) is 6.20 Å². The van der Waals surface area contributed by atoms with E-state index in [-0.39, 0.29) is 0 Å². The van der Waals surface area contributed by atoms with Gasteiger partial charge in [0.2, 0.25) is 0 Å². The highest BCUT2D eigenvalue weighted by molar-refractivity contribution is 5.06. The molecule has 80 valence electrons. The number of alkyl halides is 3. The topological polar surface area (TPSA) is 27.1 Å². The molecule has 0 fully saturated rings. The number of ether oxygens (including phenoxy) is 1. The van der Waals surface area contributed by atoms with Crippen LogP contribution in [0.25, 0.3) is 0 Å². The Bertz CT molecular complexity index is 306. The second kappa shape index (κ2) is 4.00. The van der Waals surface area contributed by atoms with Gasteiger partial charge in [-0.15, -0.1) is 0 Å². The summed E-state index contributed by atoms with van der Waals surface area (Å²) in [6.07, 6.45) is -3.38. The second-order valence-electron chi connectivity index (χ2n) is 2.86. The van der Waals surface area contributed by atoms with Crippen LogP contribution in [0.5, 0.6) is 0 Å². The Hall–Kier alpha value is -1.04. The fraction of sp³-hybridized carbons (Fsp3) is 0.625. The van der Waals surface area contributed by atoms with Crippen LogP contribution in [0.3, 0.4) is 0 Å². The molecule has 0 aliphatic carbocycles. The third kappa shape index (κ3) is 2.47. The fourth-order valence-electron chi connectivity index (χ4n) is 1.06. The van der Waals surface area contributed by atoms with Gasteiger partial charge in [0, 0.05) is 19.9 Å². The first-order valence-electron chi connectivity index (χ1n) is 4.05. The second-order valence-corrected chi connectivity index (χ2v) is 2.86. The summed E-state index contributed by atoms with van der Waals surface area (Å²) in [5.74, 6) is 0.342. The zero-order chi connectivity index (χ0) is 10.8. The molecule has 0 unspecified atom stereocenters. The molecule has 0 aromatic carbocycles. The van der Waals surface area contributed by atoms with E-state index < -0.39 is 11.9 Å². The van der Waals surface area contributed by atoms with Crippen molar-refractivity contribution in [3.63, 3.8) is 0 Å². The third-order valence-electron chi connectivity index (χ3n) is 1.80. The molecule has 0 atom stereocenters. The quantitative estimate of drug-likeness (QED) is 0.758. The predicted molar refractivity (Wildman–Crippen MR) is 43.8 cm³/mol. The molecule has 0 bridgehead atoms. The van der Waals surface area contributed by atoms with E-state index in [9.17, 15) is 13.2 Å². The van der Waals surface area contributed by atoms with Gasteiger partial charge >= 0.3 is 6.18 Å². The van der Waals surface area contributed by atoms with Gasteiger partial charge in [0.25, 0.3) is 0 Å². The molecule has 0 amide bonds. The minimum absolute atomic E-state index is 0.342. The Kier molecular flexibility index (Phi) is 3.15. The number of rotatable bonds is 3. The van der Waals surface area contributed by atoms with Crippen LogP contribution in [0.4, 0.5) is 13.2 Å². The number of halogens is 3. The Morgan fingerprint density at radius 2 is 2.14 bits per heavy atom. The largest absolute Gasteiger partial charge is 0.434 e. The van der Waals surface area contributed by atoms with E-state index in [0.29, 0.717) is 19.0 Å². The number of nitrogens with zero attached hydrogens (tertiary/aromatic N) is 2. The van der Waals surface area contributed by atoms with Crippen molar-refractivity contribution in [1.29, 1.82) is 0 Å². The van der Waals surface area contributed by atoms with Crippen LogP contribution < -0.4 is 0 Å². The number of aromatic nitrogens is 2. The Morgan fingerprint density at radius 3 is 2.57 bits per heavy atom. The van der Waals surface area contributed by atoms with Crippen LogP contribution in [-0.2, 0) is 17.5 Å². The molecule has 0 spiro atoms. The summed E-state index contributed by atoms with van der Waals surface area (Å²) in [7, 11) is 1.50. The van der Waals surface area contributed by atoms with E-state index in [1.54, 1.807) is 0 Å². The minimum Gasteiger partial charge on any atom is -0.383 e. The molecule has 14 heavy (non-hydrogen) atoms. The lowest BCUT2D eigenvalue weighted by atomic mass is 10.5. The van der Waals surface area contributed by atoms with Crippen LogP contribution in [0, 0.1) is 6.92 Å². The number of aryl methyl sites for hydroxylation is 1. The van der Waals surface area contributed by atoms with Gasteiger partial charge in [0.1, 0.15) is 5.82 Å². The van der Waals surface area contributed by atoms with Gasteiger partial charge in [-0.05, 0) is 6.92 Å². The van der Waals surface area contributed by atoms with Crippen molar-refractivity contribution < 1.29 is 17.9 Å². The lowest BCUT2D eigenvalue weighted by molar-refractivity contribution is -0.141. The highest BCUT2D eigenvalue weighted by Crippen LogP contribution is 2.28. The van der Waals surface area contributed by atoms with Crippen molar-refractivity contribution in [3.8, 4) is 0 Å². The van der Waals surface area contributed by atoms with Crippen molar-refractivity contribution >= 4 is 0 Å². The summed E-state index contributed by atoms with van der Waals surface area (Å²) in [6, 6.07) is 0. The summed E-state index contributed by atoms with van der Waals surface area (Å²) < 4.78 is 42.8. The molecule has 1 heterocycles. The van der Waals surface area contributed by atoms with Crippen molar-refractivity contribution in [2.45, 2.75) is 19.6 Å². The molecule has 0 saturated heterocycles. The predicted octanol–water partition coefficient (Wildman–Crippen LogP) is 1.86. The average Bonchev–Trinajstić information content (AvgIpc) is 2.43. The molecule has 0 radical (unpaired) electrons. The monoisotopic (exact) mass is 208 g/mol. The van der Waals surface area contributed by atoms with Crippen LogP contribution >= 0.6 is 0 Å². The molecule has 0 N–H and O–H groups in total. The first-order valence-corrected chi connectivity index (χ1v) is 4.05. The van der Waals surface area contributed by atoms with Crippen molar-refractivity contribution in [2.24, 2.45) is 0 Å². The van der Waals surface area contributed by atoms with Gasteiger partial charge in [0.15, 0.2) is 5.69 Å². The first kappa shape index (κ1) is 11.0. The molecule has 6 heteroatoms. The van der Waals surface area contributed by atoms with Gasteiger partial charge in [-0.25, -0.2) is 4.98 Å². The van der Waals surface area contributed by atoms with Gasteiger partial charge in [0.05, 0.1) is 6.61 Å². The molecule has 1 aromatic rings. The molecule has 1 aromatic heterocycles. The highest BCUT2D eigenvalue weighted by atomic mass is 19.4. The van der Waals surface area contributed by atoms with Gasteiger partial charge in [-0.3, -0.25) is 0 Å². The zero-order valence-electron chi connectivity index (χ0n) is 7.93. The van der Waals surface area contributed by atoms with E-state index in [4.69, 9.17) is 4.74 Å². The molecule has 0 aliphatic heterocycles. The van der Waals surface area contributed by atoms with Crippen LogP contribution in [0.1, 0.15) is 11.5 Å². The lowest BCUT2D eigenvalue weighted by Crippen LogP contribution is -2.06. The Labute approximate surface area is 79.5 Å². The standard InChI is InChI=1S/C8H11F3N2O/c1-6-12-7(8(9,10)11)5-13(6)3-4-14-2/h5H,3-4H2,1-2H3. The maximum Gasteiger partial charge on any atom is 0.434 e. The smallest absolute Gasteiger partial charge is 0.383 e. The molecular weight excluding hydrogens is 197 g/mol. The van der Waals surface area contributed by atoms with Crippen molar-refractivity contribution in [2.75, 3.05) is 13.7 Å². The molecule has 0 aliphatic rings. The number of imidazole rings is 1. The lowest BCUT2D eigenvalue weighted by Gasteiger charge is -2.02. The molecule has 0 saturated carbocycles. The van der Waals surface area contributed by atoms with E-state index >= 15 is 0 Å². The van der Waals surface area contributed by atoms with Crippen LogP contribution in [-0.4, -0.2) is 23.3 Å². The normalized spacial score (nSPS) is 12.1. The van der Waals surface area contributed by atoms with E-state index in [0.717, 1.165) is 6.20 Å². The molecule has 1 rings (SSSR count). The first-order chi connectivity index (χ1) is 6.45. The van der Waals surface area contributed by atoms with Crippen molar-refractivity contribution in [3.05, 3.63) is 17.7 Å². The van der Waals surface area contributed by atoms with E-state index in [2.05, 4.69) is 4.98 Å². The maximum atomic E-state index is 12.2. The van der Waals surface area contributed by atoms with E-state index in [1.165, 1.54) is 18.6 Å². The number of methoxy groups -OCH3 is 1. The SMILES string of the molecule is COCCn1cc(C(F)(F)F)nc1C. The number of hydrogen-bond donors (Lipinski definition) is 0. The fourth-order valence-corrected chi connectivity index (χ4v) is 1.06. The number of hydrogen-bond acceptors (Lipinski definition) is 2. The summed E-state index contributed by atoms with van der Waals surface area (Å²) in [4.78, 5) is 3.42. The molecule has 3 nitrogen and oxygen atoms in total. The summed E-state index contributed by atoms with van der Waals surface area (Å²) in [5.41, 5.74) is -0.855. The van der Waals surface area contributed by atoms with Crippen molar-refractivity contribution in [1.82, 2.24) is 9.55 Å². The Morgan fingerprint density at radius 1 is 1.50 bits per heavy atom. The Balaban J connectivity index is 2.82. The third-order valence-corrected chi connectivity index (χ3v) is 1.80. The minimum atomic E-state index is -4.37. The average molecular weight is 208 g/mol. The maximum absolute atomic E-state index is 12.2. The summed E-state index contributed by atoms with van der Waals surface area (Å²) >= 11 is 0. The van der Waals surface area contributed by atoms with Gasteiger partial charge in [-0.2, -0.15) is 13.2 Å². The van der Waals surface area contributed by atoms with Gasteiger partial charge < -0.3 is 9.30 Å².